The molecule has 3 rings (SSSR count). The Morgan fingerprint density at radius 3 is 2.72 bits per heavy atom. The molecule has 1 aliphatic rings. The van der Waals surface area contributed by atoms with Crippen LogP contribution in [0.15, 0.2) is 48.8 Å². The minimum atomic E-state index is -4.29. The van der Waals surface area contributed by atoms with Crippen LogP contribution in [0.1, 0.15) is 30.7 Å². The van der Waals surface area contributed by atoms with Gasteiger partial charge in [-0.3, -0.25) is 9.78 Å². The summed E-state index contributed by atoms with van der Waals surface area (Å²) in [6.07, 6.45) is -1.56. The summed E-state index contributed by atoms with van der Waals surface area (Å²) in [5.41, 5.74) is 3.17. The molecule has 25 heavy (non-hydrogen) atoms. The largest absolute Gasteiger partial charge is 0.389 e. The van der Waals surface area contributed by atoms with Crippen molar-refractivity contribution in [3.8, 4) is 11.1 Å². The maximum Gasteiger partial charge on any atom is 0.389 e. The van der Waals surface area contributed by atoms with E-state index in [-0.39, 0.29) is 5.92 Å². The summed E-state index contributed by atoms with van der Waals surface area (Å²) < 4.78 is 36.9. The third-order valence-electron chi connectivity index (χ3n) is 4.54. The van der Waals surface area contributed by atoms with Gasteiger partial charge in [-0.05, 0) is 23.6 Å². The molecule has 1 aliphatic heterocycles. The third-order valence-corrected chi connectivity index (χ3v) is 4.54. The van der Waals surface area contributed by atoms with Gasteiger partial charge in [0, 0.05) is 43.4 Å². The van der Waals surface area contributed by atoms with Gasteiger partial charge in [0.25, 0.3) is 0 Å². The number of likely N-dealkylation sites (tertiary alicyclic amines) is 1. The second-order valence-corrected chi connectivity index (χ2v) is 6.27. The first-order valence-electron chi connectivity index (χ1n) is 8.28. The minimum absolute atomic E-state index is 0.131. The molecule has 2 aromatic rings. The molecular formula is C19H19F3N2O. The van der Waals surface area contributed by atoms with Crippen LogP contribution < -0.4 is 0 Å². The van der Waals surface area contributed by atoms with E-state index in [0.717, 1.165) is 23.1 Å². The van der Waals surface area contributed by atoms with E-state index < -0.39 is 24.9 Å². The SMILES string of the molecule is O=C(CCC(F)(F)F)N1CCC(c2ccccc2-c2cccnc2)C1. The predicted octanol–water partition coefficient (Wildman–Crippen LogP) is 4.41. The van der Waals surface area contributed by atoms with Gasteiger partial charge in [0.1, 0.15) is 0 Å². The van der Waals surface area contributed by atoms with Gasteiger partial charge < -0.3 is 4.90 Å². The minimum Gasteiger partial charge on any atom is -0.342 e. The maximum atomic E-state index is 12.3. The van der Waals surface area contributed by atoms with E-state index in [1.807, 2.05) is 36.4 Å². The number of halogens is 3. The Hall–Kier alpha value is -2.37. The van der Waals surface area contributed by atoms with Crippen LogP contribution in [-0.4, -0.2) is 35.1 Å². The number of aromatic nitrogens is 1. The fourth-order valence-corrected chi connectivity index (χ4v) is 3.29. The molecule has 0 N–H and O–H groups in total. The molecule has 3 nitrogen and oxygen atoms in total. The Labute approximate surface area is 144 Å². The van der Waals surface area contributed by atoms with Crippen molar-refractivity contribution in [2.24, 2.45) is 0 Å². The summed E-state index contributed by atoms with van der Waals surface area (Å²) >= 11 is 0. The lowest BCUT2D eigenvalue weighted by Gasteiger charge is -2.19. The number of rotatable bonds is 4. The van der Waals surface area contributed by atoms with Gasteiger partial charge in [-0.2, -0.15) is 13.2 Å². The molecule has 1 saturated heterocycles. The first-order chi connectivity index (χ1) is 11.9. The van der Waals surface area contributed by atoms with Crippen LogP contribution in [0.25, 0.3) is 11.1 Å². The number of carbonyl (C=O) groups is 1. The van der Waals surface area contributed by atoms with Crippen LogP contribution in [0.3, 0.4) is 0 Å². The molecule has 0 saturated carbocycles. The van der Waals surface area contributed by atoms with E-state index in [4.69, 9.17) is 0 Å². The smallest absolute Gasteiger partial charge is 0.342 e. The monoisotopic (exact) mass is 348 g/mol. The predicted molar refractivity (Wildman–Crippen MR) is 88.9 cm³/mol. The Kier molecular flexibility index (Phi) is 5.06. The molecule has 6 heteroatoms. The van der Waals surface area contributed by atoms with Crippen molar-refractivity contribution in [1.82, 2.24) is 9.88 Å². The van der Waals surface area contributed by atoms with Gasteiger partial charge in [-0.15, -0.1) is 0 Å². The average molecular weight is 348 g/mol. The number of hydrogen-bond donors (Lipinski definition) is 0. The molecule has 132 valence electrons. The highest BCUT2D eigenvalue weighted by Gasteiger charge is 2.32. The fraction of sp³-hybridized carbons (Fsp3) is 0.368. The zero-order valence-electron chi connectivity index (χ0n) is 13.7. The molecule has 0 bridgehead atoms. The molecule has 1 unspecified atom stereocenters. The van der Waals surface area contributed by atoms with Gasteiger partial charge in [-0.1, -0.05) is 30.3 Å². The number of hydrogen-bond acceptors (Lipinski definition) is 2. The van der Waals surface area contributed by atoms with Gasteiger partial charge in [0.05, 0.1) is 6.42 Å². The zero-order valence-corrected chi connectivity index (χ0v) is 13.7. The first-order valence-corrected chi connectivity index (χ1v) is 8.28. The lowest BCUT2D eigenvalue weighted by Crippen LogP contribution is -2.29. The second-order valence-electron chi connectivity index (χ2n) is 6.27. The van der Waals surface area contributed by atoms with Gasteiger partial charge in [0.15, 0.2) is 0 Å². The molecule has 0 aliphatic carbocycles. The van der Waals surface area contributed by atoms with E-state index in [0.29, 0.717) is 13.1 Å². The topological polar surface area (TPSA) is 33.2 Å². The number of amides is 1. The Morgan fingerprint density at radius 1 is 1.20 bits per heavy atom. The summed E-state index contributed by atoms with van der Waals surface area (Å²) in [7, 11) is 0. The van der Waals surface area contributed by atoms with Crippen molar-refractivity contribution in [2.45, 2.75) is 31.4 Å². The second kappa shape index (κ2) is 7.25. The molecule has 1 fully saturated rings. The standard InChI is InChI=1S/C19H19F3N2O/c20-19(21,22)9-7-18(25)24-11-8-15(13-24)17-6-2-1-5-16(17)14-4-3-10-23-12-14/h1-6,10,12,15H,7-9,11,13H2. The molecule has 1 aromatic carbocycles. The number of carbonyl (C=O) groups excluding carboxylic acids is 1. The molecule has 2 heterocycles. The van der Waals surface area contributed by atoms with Crippen molar-refractivity contribution >= 4 is 5.91 Å². The lowest BCUT2D eigenvalue weighted by atomic mass is 9.90. The van der Waals surface area contributed by atoms with Gasteiger partial charge >= 0.3 is 6.18 Å². The van der Waals surface area contributed by atoms with Crippen LogP contribution in [0.4, 0.5) is 13.2 Å². The lowest BCUT2D eigenvalue weighted by molar-refractivity contribution is -0.148. The number of nitrogens with zero attached hydrogens (tertiary/aromatic N) is 2. The highest BCUT2D eigenvalue weighted by Crippen LogP contribution is 2.35. The Balaban J connectivity index is 1.72. The number of pyridine rings is 1. The number of alkyl halides is 3. The van der Waals surface area contributed by atoms with E-state index >= 15 is 0 Å². The average Bonchev–Trinajstić information content (AvgIpc) is 3.10. The van der Waals surface area contributed by atoms with E-state index in [1.165, 1.54) is 0 Å². The van der Waals surface area contributed by atoms with Gasteiger partial charge in [0.2, 0.25) is 5.91 Å². The van der Waals surface area contributed by atoms with Crippen LogP contribution in [0.2, 0.25) is 0 Å². The van der Waals surface area contributed by atoms with E-state index in [2.05, 4.69) is 4.98 Å². The van der Waals surface area contributed by atoms with E-state index in [9.17, 15) is 18.0 Å². The molecule has 1 aromatic heterocycles. The maximum absolute atomic E-state index is 12.3. The Bertz CT molecular complexity index is 731. The number of benzene rings is 1. The van der Waals surface area contributed by atoms with Crippen molar-refractivity contribution in [3.05, 3.63) is 54.4 Å². The summed E-state index contributed by atoms with van der Waals surface area (Å²) in [5, 5.41) is 0. The highest BCUT2D eigenvalue weighted by molar-refractivity contribution is 5.77. The highest BCUT2D eigenvalue weighted by atomic mass is 19.4. The molecule has 0 radical (unpaired) electrons. The molecule has 0 spiro atoms. The van der Waals surface area contributed by atoms with E-state index in [1.54, 1.807) is 17.3 Å². The van der Waals surface area contributed by atoms with Crippen molar-refractivity contribution in [1.29, 1.82) is 0 Å². The normalized spacial score (nSPS) is 17.7. The van der Waals surface area contributed by atoms with Crippen LogP contribution >= 0.6 is 0 Å². The Morgan fingerprint density at radius 2 is 2.00 bits per heavy atom. The third kappa shape index (κ3) is 4.38. The quantitative estimate of drug-likeness (QED) is 0.820. The molecular weight excluding hydrogens is 329 g/mol. The summed E-state index contributed by atoms with van der Waals surface area (Å²) in [6.45, 7) is 0.969. The van der Waals surface area contributed by atoms with Crippen LogP contribution in [-0.2, 0) is 4.79 Å². The summed E-state index contributed by atoms with van der Waals surface area (Å²) in [6, 6.07) is 11.8. The fourth-order valence-electron chi connectivity index (χ4n) is 3.29. The van der Waals surface area contributed by atoms with Gasteiger partial charge in [-0.25, -0.2) is 0 Å². The molecule has 1 amide bonds. The molecule has 1 atom stereocenters. The summed E-state index contributed by atoms with van der Waals surface area (Å²) in [5.74, 6) is -0.287. The zero-order chi connectivity index (χ0) is 17.9. The van der Waals surface area contributed by atoms with Crippen molar-refractivity contribution in [2.75, 3.05) is 13.1 Å². The van der Waals surface area contributed by atoms with Crippen LogP contribution in [0.5, 0.6) is 0 Å². The van der Waals surface area contributed by atoms with Crippen molar-refractivity contribution < 1.29 is 18.0 Å². The van der Waals surface area contributed by atoms with Crippen molar-refractivity contribution in [3.63, 3.8) is 0 Å². The summed E-state index contributed by atoms with van der Waals surface area (Å²) in [4.78, 5) is 17.7. The first kappa shape index (κ1) is 17.5. The van der Waals surface area contributed by atoms with Crippen LogP contribution in [0, 0.1) is 0 Å².